The van der Waals surface area contributed by atoms with Gasteiger partial charge in [0.15, 0.2) is 0 Å². The van der Waals surface area contributed by atoms with Gasteiger partial charge in [-0.15, -0.1) is 11.3 Å². The zero-order valence-electron chi connectivity index (χ0n) is 17.6. The second kappa shape index (κ2) is 8.50. The molecule has 9 heteroatoms. The number of fused-ring (bicyclic) bond motifs is 1. The lowest BCUT2D eigenvalue weighted by Gasteiger charge is -2.41. The highest BCUT2D eigenvalue weighted by Gasteiger charge is 2.63. The van der Waals surface area contributed by atoms with Gasteiger partial charge < -0.3 is 10.2 Å². The van der Waals surface area contributed by atoms with Crippen molar-refractivity contribution in [2.45, 2.75) is 51.2 Å². The number of hydrogen-bond acceptors (Lipinski definition) is 3. The zero-order chi connectivity index (χ0) is 23.1. The first-order valence-electron chi connectivity index (χ1n) is 10.6. The minimum absolute atomic E-state index is 0.101. The highest BCUT2D eigenvalue weighted by Crippen LogP contribution is 2.53. The van der Waals surface area contributed by atoms with Gasteiger partial charge in [0.05, 0.1) is 6.04 Å². The van der Waals surface area contributed by atoms with E-state index in [9.17, 15) is 27.2 Å². The van der Waals surface area contributed by atoms with E-state index < -0.39 is 17.5 Å². The maximum atomic E-state index is 13.5. The van der Waals surface area contributed by atoms with E-state index in [1.807, 2.05) is 13.0 Å². The molecular weight excluding hydrogens is 444 g/mol. The number of halogens is 4. The second-order valence-corrected chi connectivity index (χ2v) is 9.81. The molecule has 0 spiro atoms. The molecule has 1 unspecified atom stereocenters. The summed E-state index contributed by atoms with van der Waals surface area (Å²) in [5.74, 6) is -1.68. The number of hydrogen-bond donors (Lipinski definition) is 1. The van der Waals surface area contributed by atoms with Crippen LogP contribution in [0.5, 0.6) is 0 Å². The molecule has 1 aliphatic heterocycles. The lowest BCUT2D eigenvalue weighted by atomic mass is 9.67. The Balaban J connectivity index is 1.47. The molecule has 1 aromatic heterocycles. The molecule has 1 fully saturated rings. The Morgan fingerprint density at radius 3 is 2.50 bits per heavy atom. The van der Waals surface area contributed by atoms with Gasteiger partial charge in [-0.05, 0) is 55.5 Å². The average Bonchev–Trinajstić information content (AvgIpc) is 3.06. The second-order valence-electron chi connectivity index (χ2n) is 8.47. The van der Waals surface area contributed by atoms with Crippen LogP contribution < -0.4 is 5.32 Å². The van der Waals surface area contributed by atoms with Crippen molar-refractivity contribution < 1.29 is 27.2 Å². The Kier molecular flexibility index (Phi) is 6.04. The minimum atomic E-state index is -4.59. The fourth-order valence-electron chi connectivity index (χ4n) is 4.57. The van der Waals surface area contributed by atoms with E-state index >= 15 is 0 Å². The Morgan fingerprint density at radius 1 is 1.22 bits per heavy atom. The van der Waals surface area contributed by atoms with E-state index in [0.29, 0.717) is 19.4 Å². The molecule has 1 atom stereocenters. The number of rotatable bonds is 5. The van der Waals surface area contributed by atoms with Crippen molar-refractivity contribution in [2.24, 2.45) is 5.41 Å². The predicted molar refractivity (Wildman–Crippen MR) is 113 cm³/mol. The van der Waals surface area contributed by atoms with Gasteiger partial charge in [-0.1, -0.05) is 18.6 Å². The van der Waals surface area contributed by atoms with Gasteiger partial charge in [0.2, 0.25) is 11.8 Å². The van der Waals surface area contributed by atoms with E-state index in [1.165, 1.54) is 17.0 Å². The van der Waals surface area contributed by atoms with Crippen molar-refractivity contribution in [3.8, 4) is 0 Å². The fourth-order valence-corrected chi connectivity index (χ4v) is 5.62. The SMILES string of the molecule is Cc1cc2c(s1)CCN(C(=O)CCNC(=O)C1(C(F)(F)F)CCC1)C2c1ccc(F)cc1. The number of thiophene rings is 1. The lowest BCUT2D eigenvalue weighted by Crippen LogP contribution is -2.55. The number of carbonyl (C=O) groups excluding carboxylic acids is 2. The third kappa shape index (κ3) is 4.02. The van der Waals surface area contributed by atoms with Gasteiger partial charge in [0.25, 0.3) is 0 Å². The van der Waals surface area contributed by atoms with Gasteiger partial charge in [0, 0.05) is 29.3 Å². The van der Waals surface area contributed by atoms with E-state index in [0.717, 1.165) is 16.0 Å². The van der Waals surface area contributed by atoms with Crippen LogP contribution in [0.25, 0.3) is 0 Å². The number of aryl methyl sites for hydroxylation is 1. The Bertz CT molecular complexity index is 1010. The highest BCUT2D eigenvalue weighted by molar-refractivity contribution is 7.12. The number of nitrogens with zero attached hydrogens (tertiary/aromatic N) is 1. The number of amides is 2. The lowest BCUT2D eigenvalue weighted by molar-refractivity contribution is -0.243. The standard InChI is InChI=1S/C23H24F4N2O2S/c1-14-13-17-18(32-14)8-12-29(20(17)15-3-5-16(24)6-4-15)19(30)7-11-28-21(31)22(9-2-10-22)23(25,26)27/h3-6,13,20H,2,7-12H2,1H3,(H,28,31). The molecule has 2 amide bonds. The summed E-state index contributed by atoms with van der Waals surface area (Å²) in [6.07, 6.45) is -4.07. The van der Waals surface area contributed by atoms with Gasteiger partial charge in [-0.25, -0.2) is 4.39 Å². The molecule has 2 aliphatic rings. The van der Waals surface area contributed by atoms with E-state index in [-0.39, 0.29) is 43.6 Å². The normalized spacial score (nSPS) is 19.8. The largest absolute Gasteiger partial charge is 0.403 e. The maximum absolute atomic E-state index is 13.5. The molecular formula is C23H24F4N2O2S. The van der Waals surface area contributed by atoms with Crippen molar-refractivity contribution in [3.63, 3.8) is 0 Å². The summed E-state index contributed by atoms with van der Waals surface area (Å²) in [4.78, 5) is 29.3. The number of benzene rings is 1. The Morgan fingerprint density at radius 2 is 1.91 bits per heavy atom. The van der Waals surface area contributed by atoms with E-state index in [1.54, 1.807) is 28.4 Å². The summed E-state index contributed by atoms with van der Waals surface area (Å²) in [5, 5.41) is 2.33. The molecule has 0 bridgehead atoms. The molecule has 4 nitrogen and oxygen atoms in total. The molecule has 4 rings (SSSR count). The van der Waals surface area contributed by atoms with Gasteiger partial charge in [-0.2, -0.15) is 13.2 Å². The van der Waals surface area contributed by atoms with Crippen LogP contribution >= 0.6 is 11.3 Å². The molecule has 1 aliphatic carbocycles. The number of carbonyl (C=O) groups is 2. The van der Waals surface area contributed by atoms with E-state index in [4.69, 9.17) is 0 Å². The average molecular weight is 469 g/mol. The predicted octanol–water partition coefficient (Wildman–Crippen LogP) is 4.91. The maximum Gasteiger partial charge on any atom is 0.403 e. The molecule has 2 heterocycles. The molecule has 1 aromatic carbocycles. The third-order valence-corrected chi connectivity index (χ3v) is 7.59. The molecule has 172 valence electrons. The quantitative estimate of drug-likeness (QED) is 0.634. The van der Waals surface area contributed by atoms with Crippen LogP contribution in [0.4, 0.5) is 17.6 Å². The minimum Gasteiger partial charge on any atom is -0.355 e. The van der Waals surface area contributed by atoms with Crippen LogP contribution in [0.3, 0.4) is 0 Å². The number of alkyl halides is 3. The highest BCUT2D eigenvalue weighted by atomic mass is 32.1. The van der Waals surface area contributed by atoms with Crippen LogP contribution in [0, 0.1) is 18.2 Å². The zero-order valence-corrected chi connectivity index (χ0v) is 18.4. The van der Waals surface area contributed by atoms with Crippen LogP contribution in [0.1, 0.15) is 52.6 Å². The van der Waals surface area contributed by atoms with Gasteiger partial charge >= 0.3 is 6.18 Å². The Labute approximate surface area is 187 Å². The van der Waals surface area contributed by atoms with Crippen molar-refractivity contribution >= 4 is 23.2 Å². The molecule has 2 aromatic rings. The topological polar surface area (TPSA) is 49.4 Å². The third-order valence-electron chi connectivity index (χ3n) is 6.47. The van der Waals surface area contributed by atoms with Crippen LogP contribution in [-0.4, -0.2) is 36.0 Å². The fraction of sp³-hybridized carbons (Fsp3) is 0.478. The van der Waals surface area contributed by atoms with Gasteiger partial charge in [0.1, 0.15) is 11.2 Å². The summed E-state index contributed by atoms with van der Waals surface area (Å²) in [6, 6.07) is 7.63. The van der Waals surface area contributed by atoms with Crippen molar-refractivity contribution in [1.29, 1.82) is 0 Å². The van der Waals surface area contributed by atoms with Crippen LogP contribution in [0.2, 0.25) is 0 Å². The first-order chi connectivity index (χ1) is 15.1. The number of nitrogens with one attached hydrogen (secondary N) is 1. The first kappa shape index (κ1) is 22.8. The molecule has 0 radical (unpaired) electrons. The van der Waals surface area contributed by atoms with Crippen molar-refractivity contribution in [3.05, 3.63) is 57.0 Å². The van der Waals surface area contributed by atoms with Crippen molar-refractivity contribution in [2.75, 3.05) is 13.1 Å². The first-order valence-corrected chi connectivity index (χ1v) is 11.4. The molecule has 0 saturated heterocycles. The van der Waals surface area contributed by atoms with Crippen LogP contribution in [-0.2, 0) is 16.0 Å². The smallest absolute Gasteiger partial charge is 0.355 e. The van der Waals surface area contributed by atoms with Crippen molar-refractivity contribution in [1.82, 2.24) is 10.2 Å². The molecule has 1 N–H and O–H groups in total. The molecule has 32 heavy (non-hydrogen) atoms. The Hall–Kier alpha value is -2.42. The summed E-state index contributed by atoms with van der Waals surface area (Å²) in [5.41, 5.74) is -0.553. The summed E-state index contributed by atoms with van der Waals surface area (Å²) < 4.78 is 53.5. The van der Waals surface area contributed by atoms with Gasteiger partial charge in [-0.3, -0.25) is 9.59 Å². The summed E-state index contributed by atoms with van der Waals surface area (Å²) in [7, 11) is 0. The van der Waals surface area contributed by atoms with E-state index in [2.05, 4.69) is 5.32 Å². The summed E-state index contributed by atoms with van der Waals surface area (Å²) >= 11 is 1.67. The summed E-state index contributed by atoms with van der Waals surface area (Å²) in [6.45, 7) is 2.29. The monoisotopic (exact) mass is 468 g/mol. The van der Waals surface area contributed by atoms with Crippen LogP contribution in [0.15, 0.2) is 30.3 Å². The molecule has 1 saturated carbocycles.